The molecule has 0 bridgehead atoms. The van der Waals surface area contributed by atoms with E-state index in [2.05, 4.69) is 10.1 Å². The third-order valence-electron chi connectivity index (χ3n) is 4.74. The molecule has 0 aliphatic carbocycles. The van der Waals surface area contributed by atoms with Crippen molar-refractivity contribution in [3.05, 3.63) is 88.1 Å². The number of carbonyl (C=O) groups is 1. The number of aliphatic imine (C=N–C) groups is 1. The van der Waals surface area contributed by atoms with Crippen LogP contribution in [0, 0.1) is 5.41 Å². The fourth-order valence-electron chi connectivity index (χ4n) is 3.15. The number of carbonyl (C=O) groups excluding carboxylic acids is 1. The van der Waals surface area contributed by atoms with E-state index in [-0.39, 0.29) is 11.4 Å². The van der Waals surface area contributed by atoms with E-state index in [4.69, 9.17) is 14.9 Å². The van der Waals surface area contributed by atoms with Gasteiger partial charge >= 0.3 is 0 Å². The lowest BCUT2D eigenvalue weighted by atomic mass is 10.1. The summed E-state index contributed by atoms with van der Waals surface area (Å²) in [5.41, 5.74) is 0.962. The summed E-state index contributed by atoms with van der Waals surface area (Å²) in [5.74, 6) is 1.07. The van der Waals surface area contributed by atoms with Gasteiger partial charge < -0.3 is 9.47 Å². The molecule has 0 spiro atoms. The van der Waals surface area contributed by atoms with E-state index in [0.29, 0.717) is 24.1 Å². The zero-order valence-corrected chi connectivity index (χ0v) is 18.9. The van der Waals surface area contributed by atoms with Crippen LogP contribution in [-0.4, -0.2) is 40.2 Å². The van der Waals surface area contributed by atoms with E-state index in [1.54, 1.807) is 17.4 Å². The second-order valence-electron chi connectivity index (χ2n) is 6.98. The van der Waals surface area contributed by atoms with Gasteiger partial charge in [-0.2, -0.15) is 15.1 Å². The summed E-state index contributed by atoms with van der Waals surface area (Å²) in [7, 11) is 0. The van der Waals surface area contributed by atoms with E-state index >= 15 is 0 Å². The number of rotatable bonds is 7. The predicted octanol–water partition coefficient (Wildman–Crippen LogP) is 4.87. The molecule has 3 heterocycles. The summed E-state index contributed by atoms with van der Waals surface area (Å²) in [6.07, 6.45) is 1.65. The van der Waals surface area contributed by atoms with Gasteiger partial charge in [0.1, 0.15) is 29.8 Å². The summed E-state index contributed by atoms with van der Waals surface area (Å²) in [6, 6.07) is 20.8. The van der Waals surface area contributed by atoms with E-state index in [0.717, 1.165) is 21.2 Å². The first-order valence-corrected chi connectivity index (χ1v) is 11.8. The highest BCUT2D eigenvalue weighted by molar-refractivity contribution is 8.27. The number of hydrogen-bond acceptors (Lipinski definition) is 7. The zero-order valence-electron chi connectivity index (χ0n) is 17.3. The van der Waals surface area contributed by atoms with Gasteiger partial charge in [-0.25, -0.2) is 0 Å². The van der Waals surface area contributed by atoms with Crippen molar-refractivity contribution in [2.24, 2.45) is 10.1 Å². The second-order valence-corrected chi connectivity index (χ2v) is 8.89. The highest BCUT2D eigenvalue weighted by Gasteiger charge is 2.36. The van der Waals surface area contributed by atoms with Crippen LogP contribution in [0.2, 0.25) is 0 Å². The molecule has 1 aromatic heterocycles. The maximum atomic E-state index is 12.6. The first kappa shape index (κ1) is 21.2. The van der Waals surface area contributed by atoms with Gasteiger partial charge in [0.25, 0.3) is 5.91 Å². The molecule has 5 rings (SSSR count). The van der Waals surface area contributed by atoms with Gasteiger partial charge in [-0.3, -0.25) is 10.2 Å². The van der Waals surface area contributed by atoms with Gasteiger partial charge in [-0.1, -0.05) is 36.4 Å². The van der Waals surface area contributed by atoms with Gasteiger partial charge in [0.15, 0.2) is 5.84 Å². The molecule has 33 heavy (non-hydrogen) atoms. The Kier molecular flexibility index (Phi) is 6.05. The lowest BCUT2D eigenvalue weighted by Crippen LogP contribution is -2.35. The van der Waals surface area contributed by atoms with Crippen LogP contribution < -0.4 is 9.47 Å². The smallest absolute Gasteiger partial charge is 0.283 e. The van der Waals surface area contributed by atoms with Crippen molar-refractivity contribution in [3.8, 4) is 11.5 Å². The first-order chi connectivity index (χ1) is 16.2. The first-order valence-electron chi connectivity index (χ1n) is 10.1. The second kappa shape index (κ2) is 9.43. The van der Waals surface area contributed by atoms with Crippen molar-refractivity contribution in [2.75, 3.05) is 13.2 Å². The summed E-state index contributed by atoms with van der Waals surface area (Å²) in [4.78, 5) is 17.7. The van der Waals surface area contributed by atoms with E-state index in [1.807, 2.05) is 72.1 Å². The quantitative estimate of drug-likeness (QED) is 0.390. The Balaban J connectivity index is 1.23. The molecule has 1 N–H and O–H groups in total. The Hall–Kier alpha value is -3.69. The SMILES string of the molecule is N=C1C(=Cc2ccc(OCCOc3ccccc3)cc2)C(=O)N=C2SC(c3cccs3)=NN12. The van der Waals surface area contributed by atoms with Crippen LogP contribution in [-0.2, 0) is 4.79 Å². The van der Waals surface area contributed by atoms with E-state index in [1.165, 1.54) is 16.8 Å². The van der Waals surface area contributed by atoms with Crippen LogP contribution in [0.5, 0.6) is 11.5 Å². The Labute approximate surface area is 198 Å². The summed E-state index contributed by atoms with van der Waals surface area (Å²) >= 11 is 2.85. The molecule has 2 aliphatic rings. The molecule has 0 radical (unpaired) electrons. The molecule has 9 heteroatoms. The maximum Gasteiger partial charge on any atom is 0.283 e. The summed E-state index contributed by atoms with van der Waals surface area (Å²) in [5, 5.41) is 17.5. The number of amides is 1. The van der Waals surface area contributed by atoms with Gasteiger partial charge in [0.2, 0.25) is 5.17 Å². The zero-order chi connectivity index (χ0) is 22.6. The fourth-order valence-corrected chi connectivity index (χ4v) is 4.84. The molecule has 0 saturated carbocycles. The van der Waals surface area contributed by atoms with Crippen molar-refractivity contribution < 1.29 is 14.3 Å². The molecule has 7 nitrogen and oxygen atoms in total. The Morgan fingerprint density at radius 3 is 2.36 bits per heavy atom. The van der Waals surface area contributed by atoms with E-state index in [9.17, 15) is 4.79 Å². The summed E-state index contributed by atoms with van der Waals surface area (Å²) < 4.78 is 11.3. The standard InChI is InChI=1S/C24H18N4O3S2/c25-21-19(22(29)26-24-28(21)27-23(33-24)20-7-4-14-32-20)15-16-8-10-18(11-9-16)31-13-12-30-17-5-2-1-3-6-17/h1-11,14-15,25H,12-13H2. The molecule has 2 aliphatic heterocycles. The molecule has 164 valence electrons. The molecule has 0 unspecified atom stereocenters. The fraction of sp³-hybridized carbons (Fsp3) is 0.0833. The number of fused-ring (bicyclic) bond motifs is 1. The minimum atomic E-state index is -0.445. The lowest BCUT2D eigenvalue weighted by Gasteiger charge is -2.20. The van der Waals surface area contributed by atoms with Gasteiger partial charge in [-0.15, -0.1) is 11.3 Å². The molecule has 0 fully saturated rings. The molecule has 1 amide bonds. The number of thiophene rings is 1. The van der Waals surface area contributed by atoms with Crippen LogP contribution >= 0.6 is 23.1 Å². The number of nitrogens with zero attached hydrogens (tertiary/aromatic N) is 3. The number of nitrogens with one attached hydrogen (secondary N) is 1. The summed E-state index contributed by atoms with van der Waals surface area (Å²) in [6.45, 7) is 0.844. The van der Waals surface area contributed by atoms with Crippen molar-refractivity contribution >= 4 is 51.1 Å². The highest BCUT2D eigenvalue weighted by atomic mass is 32.2. The lowest BCUT2D eigenvalue weighted by molar-refractivity contribution is -0.114. The highest BCUT2D eigenvalue weighted by Crippen LogP contribution is 2.32. The normalized spacial score (nSPS) is 16.5. The number of ether oxygens (including phenoxy) is 2. The van der Waals surface area contributed by atoms with Crippen molar-refractivity contribution in [1.29, 1.82) is 5.41 Å². The Bertz CT molecular complexity index is 1270. The van der Waals surface area contributed by atoms with Crippen molar-refractivity contribution in [1.82, 2.24) is 5.01 Å². The Morgan fingerprint density at radius 2 is 1.67 bits per heavy atom. The van der Waals surface area contributed by atoms with Gasteiger partial charge in [0.05, 0.1) is 10.5 Å². The number of amidine groups is 2. The van der Waals surface area contributed by atoms with Crippen LogP contribution in [0.3, 0.4) is 0 Å². The minimum absolute atomic E-state index is 0.0162. The van der Waals surface area contributed by atoms with Gasteiger partial charge in [0, 0.05) is 0 Å². The third kappa shape index (κ3) is 4.74. The molecule has 0 saturated heterocycles. The average Bonchev–Trinajstić information content (AvgIpc) is 3.51. The van der Waals surface area contributed by atoms with Crippen LogP contribution in [0.4, 0.5) is 0 Å². The number of para-hydroxylation sites is 1. The molecule has 2 aromatic carbocycles. The largest absolute Gasteiger partial charge is 0.490 e. The van der Waals surface area contributed by atoms with Crippen LogP contribution in [0.1, 0.15) is 10.4 Å². The van der Waals surface area contributed by atoms with Crippen molar-refractivity contribution in [2.45, 2.75) is 0 Å². The molecular formula is C24H18N4O3S2. The minimum Gasteiger partial charge on any atom is -0.490 e. The average molecular weight is 475 g/mol. The molecule has 3 aromatic rings. The molecular weight excluding hydrogens is 456 g/mol. The molecule has 0 atom stereocenters. The van der Waals surface area contributed by atoms with Gasteiger partial charge in [-0.05, 0) is 59.1 Å². The predicted molar refractivity (Wildman–Crippen MR) is 132 cm³/mol. The number of hydrazone groups is 1. The monoisotopic (exact) mass is 474 g/mol. The number of benzene rings is 2. The maximum absolute atomic E-state index is 12.6. The van der Waals surface area contributed by atoms with Crippen LogP contribution in [0.25, 0.3) is 6.08 Å². The number of hydrogen-bond donors (Lipinski definition) is 1. The van der Waals surface area contributed by atoms with E-state index < -0.39 is 5.91 Å². The topological polar surface area (TPSA) is 87.3 Å². The van der Waals surface area contributed by atoms with Crippen LogP contribution in [0.15, 0.2) is 87.8 Å². The van der Waals surface area contributed by atoms with Crippen molar-refractivity contribution in [3.63, 3.8) is 0 Å². The Morgan fingerprint density at radius 1 is 0.939 bits per heavy atom. The number of thioether (sulfide) groups is 1. The third-order valence-corrected chi connectivity index (χ3v) is 6.69.